The van der Waals surface area contributed by atoms with Crippen molar-refractivity contribution in [2.75, 3.05) is 6.54 Å². The Morgan fingerprint density at radius 2 is 1.75 bits per heavy atom. The highest BCUT2D eigenvalue weighted by Gasteiger charge is 2.22. The van der Waals surface area contributed by atoms with Gasteiger partial charge in [-0.15, -0.1) is 6.58 Å². The molecule has 1 saturated heterocycles. The van der Waals surface area contributed by atoms with Crippen LogP contribution in [0.2, 0.25) is 0 Å². The SMILES string of the molecule is C=CCN1C(=O)CCCCC1=O. The van der Waals surface area contributed by atoms with Crippen LogP contribution in [0.1, 0.15) is 25.7 Å². The van der Waals surface area contributed by atoms with E-state index in [1.807, 2.05) is 0 Å². The molecular formula is C9H13NO2. The molecule has 0 atom stereocenters. The van der Waals surface area contributed by atoms with Crippen LogP contribution < -0.4 is 0 Å². The molecule has 66 valence electrons. The molecular weight excluding hydrogens is 154 g/mol. The lowest BCUT2D eigenvalue weighted by Crippen LogP contribution is -2.35. The first kappa shape index (κ1) is 8.97. The Hall–Kier alpha value is -1.12. The number of carbonyl (C=O) groups excluding carboxylic acids is 2. The van der Waals surface area contributed by atoms with Crippen molar-refractivity contribution >= 4 is 11.8 Å². The second-order valence-electron chi connectivity index (χ2n) is 2.89. The van der Waals surface area contributed by atoms with Gasteiger partial charge in [0, 0.05) is 19.4 Å². The van der Waals surface area contributed by atoms with Gasteiger partial charge in [-0.05, 0) is 12.8 Å². The number of hydrogen-bond donors (Lipinski definition) is 0. The number of carbonyl (C=O) groups is 2. The normalized spacial score (nSPS) is 19.2. The number of imide groups is 1. The summed E-state index contributed by atoms with van der Waals surface area (Å²) in [5.74, 6) is -0.116. The highest BCUT2D eigenvalue weighted by Crippen LogP contribution is 2.11. The summed E-state index contributed by atoms with van der Waals surface area (Å²) >= 11 is 0. The zero-order valence-corrected chi connectivity index (χ0v) is 7.08. The van der Waals surface area contributed by atoms with Gasteiger partial charge in [-0.25, -0.2) is 0 Å². The minimum Gasteiger partial charge on any atom is -0.279 e. The van der Waals surface area contributed by atoms with Crippen LogP contribution in [-0.4, -0.2) is 23.3 Å². The van der Waals surface area contributed by atoms with Gasteiger partial charge in [-0.3, -0.25) is 14.5 Å². The van der Waals surface area contributed by atoms with Gasteiger partial charge in [-0.1, -0.05) is 6.08 Å². The second kappa shape index (κ2) is 4.04. The molecule has 0 radical (unpaired) electrons. The van der Waals surface area contributed by atoms with Crippen LogP contribution in [0.4, 0.5) is 0 Å². The Labute approximate surface area is 72.0 Å². The molecule has 3 heteroatoms. The van der Waals surface area contributed by atoms with E-state index in [1.165, 1.54) is 4.90 Å². The van der Waals surface area contributed by atoms with Crippen LogP contribution in [0.15, 0.2) is 12.7 Å². The van der Waals surface area contributed by atoms with Crippen molar-refractivity contribution in [1.29, 1.82) is 0 Å². The van der Waals surface area contributed by atoms with Crippen LogP contribution in [-0.2, 0) is 9.59 Å². The largest absolute Gasteiger partial charge is 0.279 e. The lowest BCUT2D eigenvalue weighted by atomic mass is 10.2. The van der Waals surface area contributed by atoms with Crippen LogP contribution in [0.5, 0.6) is 0 Å². The first-order valence-electron chi connectivity index (χ1n) is 4.20. The number of amides is 2. The molecule has 0 aliphatic carbocycles. The van der Waals surface area contributed by atoms with E-state index in [0.717, 1.165) is 12.8 Å². The average molecular weight is 167 g/mol. The third-order valence-corrected chi connectivity index (χ3v) is 1.95. The van der Waals surface area contributed by atoms with E-state index in [2.05, 4.69) is 6.58 Å². The lowest BCUT2D eigenvalue weighted by Gasteiger charge is -2.15. The van der Waals surface area contributed by atoms with E-state index in [4.69, 9.17) is 0 Å². The monoisotopic (exact) mass is 167 g/mol. The maximum Gasteiger partial charge on any atom is 0.229 e. The minimum atomic E-state index is -0.0580. The van der Waals surface area contributed by atoms with Gasteiger partial charge in [0.2, 0.25) is 11.8 Å². The zero-order valence-electron chi connectivity index (χ0n) is 7.08. The molecule has 0 N–H and O–H groups in total. The molecule has 0 spiro atoms. The van der Waals surface area contributed by atoms with Gasteiger partial charge in [0.1, 0.15) is 0 Å². The molecule has 1 fully saturated rings. The average Bonchev–Trinajstić information content (AvgIpc) is 2.19. The number of rotatable bonds is 2. The van der Waals surface area contributed by atoms with E-state index < -0.39 is 0 Å². The Balaban J connectivity index is 2.67. The number of nitrogens with zero attached hydrogens (tertiary/aromatic N) is 1. The Morgan fingerprint density at radius 1 is 1.25 bits per heavy atom. The lowest BCUT2D eigenvalue weighted by molar-refractivity contribution is -0.143. The van der Waals surface area contributed by atoms with Crippen molar-refractivity contribution in [3.8, 4) is 0 Å². The van der Waals surface area contributed by atoms with E-state index >= 15 is 0 Å². The standard InChI is InChI=1S/C9H13NO2/c1-2-7-10-8(11)5-3-4-6-9(10)12/h2H,1,3-7H2. The quantitative estimate of drug-likeness (QED) is 0.456. The van der Waals surface area contributed by atoms with Gasteiger partial charge < -0.3 is 0 Å². The summed E-state index contributed by atoms with van der Waals surface area (Å²) in [5, 5.41) is 0. The van der Waals surface area contributed by atoms with Crippen molar-refractivity contribution in [3.63, 3.8) is 0 Å². The van der Waals surface area contributed by atoms with E-state index in [0.29, 0.717) is 19.4 Å². The number of likely N-dealkylation sites (tertiary alicyclic amines) is 1. The third kappa shape index (κ3) is 1.94. The highest BCUT2D eigenvalue weighted by molar-refractivity contribution is 5.96. The molecule has 1 heterocycles. The summed E-state index contributed by atoms with van der Waals surface area (Å²) in [5.41, 5.74) is 0. The van der Waals surface area contributed by atoms with E-state index in [9.17, 15) is 9.59 Å². The molecule has 0 aromatic heterocycles. The van der Waals surface area contributed by atoms with E-state index in [1.54, 1.807) is 6.08 Å². The first-order chi connectivity index (χ1) is 5.75. The molecule has 0 bridgehead atoms. The first-order valence-corrected chi connectivity index (χ1v) is 4.20. The molecule has 0 saturated carbocycles. The molecule has 12 heavy (non-hydrogen) atoms. The van der Waals surface area contributed by atoms with Crippen LogP contribution in [0, 0.1) is 0 Å². The van der Waals surface area contributed by atoms with E-state index in [-0.39, 0.29) is 11.8 Å². The van der Waals surface area contributed by atoms with Crippen LogP contribution in [0.25, 0.3) is 0 Å². The third-order valence-electron chi connectivity index (χ3n) is 1.95. The summed E-state index contributed by atoms with van der Waals surface area (Å²) < 4.78 is 0. The molecule has 1 aliphatic heterocycles. The number of hydrogen-bond acceptors (Lipinski definition) is 2. The molecule has 1 rings (SSSR count). The fourth-order valence-corrected chi connectivity index (χ4v) is 1.29. The molecule has 3 nitrogen and oxygen atoms in total. The Morgan fingerprint density at radius 3 is 2.17 bits per heavy atom. The molecule has 0 aromatic carbocycles. The molecule has 0 aromatic rings. The molecule has 0 unspecified atom stereocenters. The summed E-state index contributed by atoms with van der Waals surface area (Å²) in [6.45, 7) is 3.87. The maximum absolute atomic E-state index is 11.3. The topological polar surface area (TPSA) is 37.4 Å². The fourth-order valence-electron chi connectivity index (χ4n) is 1.29. The second-order valence-corrected chi connectivity index (χ2v) is 2.89. The van der Waals surface area contributed by atoms with Crippen molar-refractivity contribution < 1.29 is 9.59 Å². The minimum absolute atomic E-state index is 0.0580. The van der Waals surface area contributed by atoms with Crippen LogP contribution in [0.3, 0.4) is 0 Å². The van der Waals surface area contributed by atoms with Crippen molar-refractivity contribution in [2.45, 2.75) is 25.7 Å². The summed E-state index contributed by atoms with van der Waals surface area (Å²) in [6.07, 6.45) is 4.25. The Bertz CT molecular complexity index is 193. The summed E-state index contributed by atoms with van der Waals surface area (Å²) in [7, 11) is 0. The van der Waals surface area contributed by atoms with Crippen molar-refractivity contribution in [2.24, 2.45) is 0 Å². The van der Waals surface area contributed by atoms with Gasteiger partial charge in [0.15, 0.2) is 0 Å². The zero-order chi connectivity index (χ0) is 8.97. The predicted molar refractivity (Wildman–Crippen MR) is 45.4 cm³/mol. The molecule has 2 amide bonds. The predicted octanol–water partition coefficient (Wildman–Crippen LogP) is 1.10. The highest BCUT2D eigenvalue weighted by atomic mass is 16.2. The fraction of sp³-hybridized carbons (Fsp3) is 0.556. The van der Waals surface area contributed by atoms with Gasteiger partial charge in [0.05, 0.1) is 0 Å². The summed E-state index contributed by atoms with van der Waals surface area (Å²) in [6, 6.07) is 0. The maximum atomic E-state index is 11.3. The molecule has 1 aliphatic rings. The van der Waals surface area contributed by atoms with Gasteiger partial charge in [0.25, 0.3) is 0 Å². The van der Waals surface area contributed by atoms with Crippen molar-refractivity contribution in [1.82, 2.24) is 4.90 Å². The van der Waals surface area contributed by atoms with Crippen molar-refractivity contribution in [3.05, 3.63) is 12.7 Å². The Kier molecular flexibility index (Phi) is 3.02. The van der Waals surface area contributed by atoms with Gasteiger partial charge in [-0.2, -0.15) is 0 Å². The van der Waals surface area contributed by atoms with Gasteiger partial charge >= 0.3 is 0 Å². The smallest absolute Gasteiger partial charge is 0.229 e. The van der Waals surface area contributed by atoms with Crippen LogP contribution >= 0.6 is 0 Å². The summed E-state index contributed by atoms with van der Waals surface area (Å²) in [4.78, 5) is 23.8.